The van der Waals surface area contributed by atoms with Crippen molar-refractivity contribution in [1.29, 1.82) is 0 Å². The molecule has 0 saturated carbocycles. The fraction of sp³-hybridized carbons (Fsp3) is 0.200. The Morgan fingerprint density at radius 1 is 1.00 bits per heavy atom. The average Bonchev–Trinajstić information content (AvgIpc) is 3.17. The normalized spacial score (nSPS) is 12.6. The van der Waals surface area contributed by atoms with Gasteiger partial charge in [0.15, 0.2) is 5.75 Å². The highest BCUT2D eigenvalue weighted by Gasteiger charge is 2.21. The number of methoxy groups -OCH3 is 2. The van der Waals surface area contributed by atoms with Gasteiger partial charge in [0.1, 0.15) is 17.5 Å². The smallest absolute Gasteiger partial charge is 0.258 e. The second-order valence-corrected chi connectivity index (χ2v) is 6.21. The molecule has 2 N–H and O–H groups in total. The lowest BCUT2D eigenvalue weighted by atomic mass is 10.1. The molecule has 8 heteroatoms. The van der Waals surface area contributed by atoms with Crippen molar-refractivity contribution in [2.24, 2.45) is 0 Å². The number of rotatable bonds is 5. The van der Waals surface area contributed by atoms with Crippen LogP contribution in [0.3, 0.4) is 0 Å². The van der Waals surface area contributed by atoms with E-state index < -0.39 is 11.6 Å². The lowest BCUT2D eigenvalue weighted by molar-refractivity contribution is 0.343. The van der Waals surface area contributed by atoms with Crippen LogP contribution in [0.4, 0.5) is 20.3 Å². The molecule has 3 heterocycles. The Bertz CT molecular complexity index is 1020. The van der Waals surface area contributed by atoms with Crippen molar-refractivity contribution in [2.75, 3.05) is 19.5 Å². The van der Waals surface area contributed by atoms with Crippen molar-refractivity contribution in [1.82, 2.24) is 15.3 Å². The monoisotopic (exact) mass is 384 g/mol. The van der Waals surface area contributed by atoms with Gasteiger partial charge in [-0.2, -0.15) is 4.98 Å². The molecule has 0 unspecified atom stereocenters. The van der Waals surface area contributed by atoms with E-state index in [4.69, 9.17) is 9.47 Å². The minimum atomic E-state index is -0.659. The summed E-state index contributed by atoms with van der Waals surface area (Å²) < 4.78 is 39.0. The first-order chi connectivity index (χ1) is 13.6. The van der Waals surface area contributed by atoms with Gasteiger partial charge in [0.2, 0.25) is 0 Å². The van der Waals surface area contributed by atoms with Crippen LogP contribution >= 0.6 is 0 Å². The third-order valence-electron chi connectivity index (χ3n) is 4.52. The van der Waals surface area contributed by atoms with E-state index >= 15 is 0 Å². The lowest BCUT2D eigenvalue weighted by Gasteiger charge is -2.14. The van der Waals surface area contributed by atoms with Gasteiger partial charge < -0.3 is 20.1 Å². The fourth-order valence-corrected chi connectivity index (χ4v) is 3.19. The highest BCUT2D eigenvalue weighted by molar-refractivity contribution is 5.72. The summed E-state index contributed by atoms with van der Waals surface area (Å²) in [5.41, 5.74) is 2.41. The molecule has 6 nitrogen and oxygen atoms in total. The predicted octanol–water partition coefficient (Wildman–Crippen LogP) is 3.79. The molecule has 1 aliphatic heterocycles. The second kappa shape index (κ2) is 7.40. The molecule has 0 atom stereocenters. The summed E-state index contributed by atoms with van der Waals surface area (Å²) in [4.78, 5) is 8.83. The molecule has 0 saturated heterocycles. The highest BCUT2D eigenvalue weighted by Crippen LogP contribution is 2.34. The molecular weight excluding hydrogens is 366 g/mol. The summed E-state index contributed by atoms with van der Waals surface area (Å²) >= 11 is 0. The highest BCUT2D eigenvalue weighted by atomic mass is 19.1. The van der Waals surface area contributed by atoms with E-state index in [1.807, 2.05) is 0 Å². The number of fused-ring (bicyclic) bond motifs is 1. The molecule has 0 spiro atoms. The van der Waals surface area contributed by atoms with Crippen LogP contribution in [0.5, 0.6) is 11.6 Å². The Morgan fingerprint density at radius 3 is 2.50 bits per heavy atom. The van der Waals surface area contributed by atoms with Crippen LogP contribution in [0, 0.1) is 11.6 Å². The molecule has 4 rings (SSSR count). The summed E-state index contributed by atoms with van der Waals surface area (Å²) in [6.45, 7) is 1.12. The molecule has 0 bridgehead atoms. The van der Waals surface area contributed by atoms with E-state index in [1.165, 1.54) is 32.4 Å². The number of ether oxygens (including phenoxy) is 2. The van der Waals surface area contributed by atoms with Gasteiger partial charge >= 0.3 is 0 Å². The van der Waals surface area contributed by atoms with Gasteiger partial charge in [-0.05, 0) is 30.3 Å². The molecule has 28 heavy (non-hydrogen) atoms. The van der Waals surface area contributed by atoms with Gasteiger partial charge in [-0.25, -0.2) is 8.78 Å². The van der Waals surface area contributed by atoms with E-state index in [-0.39, 0.29) is 11.3 Å². The molecule has 0 amide bonds. The number of hydrogen-bond acceptors (Lipinski definition) is 6. The number of anilines is 2. The zero-order chi connectivity index (χ0) is 19.7. The van der Waals surface area contributed by atoms with Gasteiger partial charge in [-0.3, -0.25) is 4.98 Å². The number of nitrogens with zero attached hydrogens (tertiary/aromatic N) is 2. The summed E-state index contributed by atoms with van der Waals surface area (Å²) in [5.74, 6) is 0.0283. The first kappa shape index (κ1) is 18.1. The van der Waals surface area contributed by atoms with Gasteiger partial charge in [-0.1, -0.05) is 6.07 Å². The van der Waals surface area contributed by atoms with Crippen LogP contribution in [-0.4, -0.2) is 24.2 Å². The SMILES string of the molecule is COc1ccc(Nc2cc(-c3c(F)cccc3F)nc3c2CNC3)nc1OC. The first-order valence-corrected chi connectivity index (χ1v) is 8.64. The summed E-state index contributed by atoms with van der Waals surface area (Å²) in [5, 5.41) is 6.42. The second-order valence-electron chi connectivity index (χ2n) is 6.21. The van der Waals surface area contributed by atoms with Gasteiger partial charge in [-0.15, -0.1) is 0 Å². The maximum Gasteiger partial charge on any atom is 0.258 e. The molecule has 2 aromatic heterocycles. The van der Waals surface area contributed by atoms with E-state index in [9.17, 15) is 8.78 Å². The first-order valence-electron chi connectivity index (χ1n) is 8.64. The molecule has 0 radical (unpaired) electrons. The number of hydrogen-bond donors (Lipinski definition) is 2. The largest absolute Gasteiger partial charge is 0.491 e. The van der Waals surface area contributed by atoms with E-state index in [0.29, 0.717) is 36.2 Å². The van der Waals surface area contributed by atoms with Crippen molar-refractivity contribution >= 4 is 11.5 Å². The van der Waals surface area contributed by atoms with Crippen LogP contribution in [0.2, 0.25) is 0 Å². The summed E-state index contributed by atoms with van der Waals surface area (Å²) in [6, 6.07) is 8.86. The van der Waals surface area contributed by atoms with Crippen molar-refractivity contribution in [3.63, 3.8) is 0 Å². The number of halogens is 2. The van der Waals surface area contributed by atoms with Gasteiger partial charge in [0, 0.05) is 24.3 Å². The zero-order valence-electron chi connectivity index (χ0n) is 15.3. The maximum absolute atomic E-state index is 14.3. The van der Waals surface area contributed by atoms with Crippen molar-refractivity contribution in [3.8, 4) is 22.9 Å². The molecule has 1 aromatic carbocycles. The Labute approximate surface area is 160 Å². The minimum Gasteiger partial charge on any atom is -0.491 e. The predicted molar refractivity (Wildman–Crippen MR) is 101 cm³/mol. The van der Waals surface area contributed by atoms with E-state index in [1.54, 1.807) is 18.2 Å². The van der Waals surface area contributed by atoms with Gasteiger partial charge in [0.05, 0.1) is 31.2 Å². The third-order valence-corrected chi connectivity index (χ3v) is 4.52. The molecule has 1 aliphatic rings. The number of benzene rings is 1. The van der Waals surface area contributed by atoms with Gasteiger partial charge in [0.25, 0.3) is 5.88 Å². The number of nitrogens with one attached hydrogen (secondary N) is 2. The zero-order valence-corrected chi connectivity index (χ0v) is 15.3. The average molecular weight is 384 g/mol. The third kappa shape index (κ3) is 3.22. The van der Waals surface area contributed by atoms with Crippen LogP contribution in [0.15, 0.2) is 36.4 Å². The summed E-state index contributed by atoms with van der Waals surface area (Å²) in [6.07, 6.45) is 0. The Hall–Kier alpha value is -3.26. The molecular formula is C20H18F2N4O2. The molecule has 3 aromatic rings. The van der Waals surface area contributed by atoms with Crippen molar-refractivity contribution < 1.29 is 18.3 Å². The quantitative estimate of drug-likeness (QED) is 0.698. The van der Waals surface area contributed by atoms with Crippen LogP contribution < -0.4 is 20.1 Å². The van der Waals surface area contributed by atoms with E-state index in [0.717, 1.165) is 11.3 Å². The summed E-state index contributed by atoms with van der Waals surface area (Å²) in [7, 11) is 3.03. The maximum atomic E-state index is 14.3. The number of pyridine rings is 2. The minimum absolute atomic E-state index is 0.152. The number of aromatic nitrogens is 2. The topological polar surface area (TPSA) is 68.3 Å². The van der Waals surface area contributed by atoms with Crippen molar-refractivity contribution in [2.45, 2.75) is 13.1 Å². The van der Waals surface area contributed by atoms with Crippen LogP contribution in [0.25, 0.3) is 11.3 Å². The standard InChI is InChI=1S/C20H18F2N4O2/c1-27-17-6-7-18(26-20(17)28-2)25-14-8-15(24-16-10-23-9-11(14)16)19-12(21)4-3-5-13(19)22/h3-8,23H,9-10H2,1-2H3,(H,24,25,26). The Balaban J connectivity index is 1.79. The van der Waals surface area contributed by atoms with Crippen LogP contribution in [-0.2, 0) is 13.1 Å². The lowest BCUT2D eigenvalue weighted by Crippen LogP contribution is -2.03. The molecule has 0 fully saturated rings. The van der Waals surface area contributed by atoms with Crippen LogP contribution in [0.1, 0.15) is 11.3 Å². The Morgan fingerprint density at radius 2 is 1.79 bits per heavy atom. The fourth-order valence-electron chi connectivity index (χ4n) is 3.19. The molecule has 0 aliphatic carbocycles. The Kier molecular flexibility index (Phi) is 4.79. The van der Waals surface area contributed by atoms with E-state index in [2.05, 4.69) is 20.6 Å². The molecule has 144 valence electrons. The van der Waals surface area contributed by atoms with Crippen molar-refractivity contribution in [3.05, 3.63) is 59.3 Å².